The van der Waals surface area contributed by atoms with E-state index in [1.54, 1.807) is 12.1 Å². The van der Waals surface area contributed by atoms with Crippen molar-refractivity contribution in [1.82, 2.24) is 0 Å². The molecular formula is C21H25NO5S. The first-order valence-corrected chi connectivity index (χ1v) is 10.7. The molecule has 28 heavy (non-hydrogen) atoms. The lowest BCUT2D eigenvalue weighted by Crippen LogP contribution is -2.36. The van der Waals surface area contributed by atoms with E-state index >= 15 is 0 Å². The fraction of sp³-hybridized carbons (Fsp3) is 0.333. The Hall–Kier alpha value is -2.67. The summed E-state index contributed by atoms with van der Waals surface area (Å²) in [4.78, 5) is 24.3. The molecule has 0 aliphatic rings. The molecule has 0 fully saturated rings. The molecule has 0 aliphatic carbocycles. The quantitative estimate of drug-likeness (QED) is 0.487. The molecule has 6 nitrogen and oxygen atoms in total. The smallest absolute Gasteiger partial charge is 0.311 e. The van der Waals surface area contributed by atoms with Crippen molar-refractivity contribution >= 4 is 27.6 Å². The van der Waals surface area contributed by atoms with Crippen LogP contribution in [0.5, 0.6) is 5.75 Å². The number of sulfonamides is 1. The van der Waals surface area contributed by atoms with Gasteiger partial charge in [-0.05, 0) is 56.2 Å². The zero-order valence-corrected chi connectivity index (χ0v) is 17.2. The van der Waals surface area contributed by atoms with E-state index in [1.807, 2.05) is 20.8 Å². The normalized spacial score (nSPS) is 11.1. The molecule has 0 unspecified atom stereocenters. The summed E-state index contributed by atoms with van der Waals surface area (Å²) in [5.41, 5.74) is 1.12. The third kappa shape index (κ3) is 5.19. The molecule has 0 aliphatic heterocycles. The second-order valence-electron chi connectivity index (χ2n) is 6.44. The van der Waals surface area contributed by atoms with E-state index in [2.05, 4.69) is 0 Å². The minimum atomic E-state index is -4.06. The van der Waals surface area contributed by atoms with Gasteiger partial charge in [0.25, 0.3) is 10.0 Å². The Morgan fingerprint density at radius 1 is 0.893 bits per heavy atom. The molecule has 2 aromatic rings. The maximum absolute atomic E-state index is 13.1. The number of rotatable bonds is 8. The molecule has 0 saturated carbocycles. The summed E-state index contributed by atoms with van der Waals surface area (Å²) in [5.74, 6) is -0.571. The Morgan fingerprint density at radius 2 is 1.46 bits per heavy atom. The maximum atomic E-state index is 13.1. The summed E-state index contributed by atoms with van der Waals surface area (Å²) >= 11 is 0. The molecule has 7 heteroatoms. The van der Waals surface area contributed by atoms with Crippen molar-refractivity contribution in [3.05, 3.63) is 54.1 Å². The summed E-state index contributed by atoms with van der Waals surface area (Å²) in [6.07, 6.45) is 1.58. The number of carbonyl (C=O) groups excluding carboxylic acids is 2. The highest BCUT2D eigenvalue weighted by molar-refractivity contribution is 7.93. The lowest BCUT2D eigenvalue weighted by Gasteiger charge is -2.23. The number of benzene rings is 2. The van der Waals surface area contributed by atoms with E-state index in [4.69, 9.17) is 4.74 Å². The minimum absolute atomic E-state index is 0.0426. The van der Waals surface area contributed by atoms with Crippen LogP contribution in [-0.2, 0) is 19.6 Å². The van der Waals surface area contributed by atoms with Gasteiger partial charge in [-0.15, -0.1) is 0 Å². The van der Waals surface area contributed by atoms with Crippen molar-refractivity contribution < 1.29 is 22.7 Å². The first-order valence-electron chi connectivity index (χ1n) is 9.25. The van der Waals surface area contributed by atoms with Crippen molar-refractivity contribution in [1.29, 1.82) is 0 Å². The predicted octanol–water partition coefficient (Wildman–Crippen LogP) is 4.22. The largest absolute Gasteiger partial charge is 0.427 e. The molecule has 0 bridgehead atoms. The van der Waals surface area contributed by atoms with Crippen LogP contribution in [0.2, 0.25) is 0 Å². The van der Waals surface area contributed by atoms with Gasteiger partial charge in [0, 0.05) is 12.8 Å². The Bertz CT molecular complexity index is 918. The number of amides is 1. The van der Waals surface area contributed by atoms with Gasteiger partial charge in [-0.25, -0.2) is 12.7 Å². The molecule has 0 atom stereocenters. The molecule has 0 heterocycles. The highest BCUT2D eigenvalue weighted by Gasteiger charge is 2.30. The van der Waals surface area contributed by atoms with Crippen molar-refractivity contribution in [3.8, 4) is 5.75 Å². The Kier molecular flexibility index (Phi) is 7.34. The van der Waals surface area contributed by atoms with Crippen LogP contribution < -0.4 is 9.04 Å². The maximum Gasteiger partial charge on any atom is 0.311 e. The summed E-state index contributed by atoms with van der Waals surface area (Å²) in [6, 6.07) is 12.2. The third-order valence-electron chi connectivity index (χ3n) is 4.01. The van der Waals surface area contributed by atoms with Gasteiger partial charge >= 0.3 is 5.97 Å². The van der Waals surface area contributed by atoms with Crippen LogP contribution in [0.4, 0.5) is 5.69 Å². The molecule has 0 aromatic heterocycles. The Labute approximate surface area is 166 Å². The van der Waals surface area contributed by atoms with Crippen molar-refractivity contribution in [2.24, 2.45) is 0 Å². The zero-order valence-electron chi connectivity index (χ0n) is 16.3. The van der Waals surface area contributed by atoms with Crippen molar-refractivity contribution in [3.63, 3.8) is 0 Å². The molecular weight excluding hydrogens is 378 g/mol. The van der Waals surface area contributed by atoms with Crippen LogP contribution >= 0.6 is 0 Å². The van der Waals surface area contributed by atoms with Gasteiger partial charge < -0.3 is 4.74 Å². The fourth-order valence-corrected chi connectivity index (χ4v) is 4.03. The van der Waals surface area contributed by atoms with Crippen LogP contribution in [0.1, 0.15) is 45.1 Å². The average molecular weight is 404 g/mol. The number of anilines is 1. The van der Waals surface area contributed by atoms with Gasteiger partial charge in [0.1, 0.15) is 5.75 Å². The van der Waals surface area contributed by atoms with E-state index in [0.29, 0.717) is 25.0 Å². The Balaban J connectivity index is 2.39. The van der Waals surface area contributed by atoms with E-state index in [1.165, 1.54) is 36.4 Å². The summed E-state index contributed by atoms with van der Waals surface area (Å²) in [5, 5.41) is 0. The van der Waals surface area contributed by atoms with E-state index in [0.717, 1.165) is 9.87 Å². The molecule has 150 valence electrons. The van der Waals surface area contributed by atoms with Gasteiger partial charge in [0.15, 0.2) is 0 Å². The molecule has 0 spiro atoms. The van der Waals surface area contributed by atoms with Gasteiger partial charge in [0.05, 0.1) is 10.6 Å². The number of ether oxygens (including phenoxy) is 1. The van der Waals surface area contributed by atoms with Crippen LogP contribution in [0.15, 0.2) is 53.4 Å². The molecule has 2 rings (SSSR count). The first-order chi connectivity index (χ1) is 13.3. The van der Waals surface area contributed by atoms with Crippen molar-refractivity contribution in [2.45, 2.75) is 51.3 Å². The highest BCUT2D eigenvalue weighted by atomic mass is 32.2. The van der Waals surface area contributed by atoms with Gasteiger partial charge in [-0.3, -0.25) is 9.59 Å². The number of hydrogen-bond donors (Lipinski definition) is 0. The standard InChI is InChI=1S/C21H25NO5S/c1-4-6-20(23)22(28(25,26)19-14-8-16(3)9-15-19)17-10-12-18(13-11-17)27-21(24)7-5-2/h8-15H,4-7H2,1-3H3. The van der Waals surface area contributed by atoms with Crippen LogP contribution in [0, 0.1) is 6.92 Å². The predicted molar refractivity (Wildman–Crippen MR) is 108 cm³/mol. The van der Waals surface area contributed by atoms with E-state index in [-0.39, 0.29) is 23.0 Å². The number of aryl methyl sites for hydroxylation is 1. The number of carbonyl (C=O) groups is 2. The highest BCUT2D eigenvalue weighted by Crippen LogP contribution is 2.27. The number of hydrogen-bond acceptors (Lipinski definition) is 5. The molecule has 1 amide bonds. The van der Waals surface area contributed by atoms with Crippen molar-refractivity contribution in [2.75, 3.05) is 4.31 Å². The molecule has 0 radical (unpaired) electrons. The fourth-order valence-electron chi connectivity index (χ4n) is 2.58. The summed E-state index contributed by atoms with van der Waals surface area (Å²) in [7, 11) is -4.06. The Morgan fingerprint density at radius 3 is 2.00 bits per heavy atom. The molecule has 0 saturated heterocycles. The summed E-state index contributed by atoms with van der Waals surface area (Å²) in [6.45, 7) is 5.54. The summed E-state index contributed by atoms with van der Waals surface area (Å²) < 4.78 is 32.3. The van der Waals surface area contributed by atoms with E-state index < -0.39 is 15.9 Å². The lowest BCUT2D eigenvalue weighted by atomic mass is 10.2. The topological polar surface area (TPSA) is 80.8 Å². The molecule has 2 aromatic carbocycles. The monoisotopic (exact) mass is 403 g/mol. The second-order valence-corrected chi connectivity index (χ2v) is 8.23. The average Bonchev–Trinajstić information content (AvgIpc) is 2.64. The van der Waals surface area contributed by atoms with Crippen LogP contribution in [-0.4, -0.2) is 20.3 Å². The minimum Gasteiger partial charge on any atom is -0.427 e. The molecule has 0 N–H and O–H groups in total. The number of esters is 1. The van der Waals surface area contributed by atoms with E-state index in [9.17, 15) is 18.0 Å². The van der Waals surface area contributed by atoms with Crippen LogP contribution in [0.3, 0.4) is 0 Å². The second kappa shape index (κ2) is 9.50. The SMILES string of the molecule is CCCC(=O)Oc1ccc(N(C(=O)CCC)S(=O)(=O)c2ccc(C)cc2)cc1. The van der Waals surface area contributed by atoms with Gasteiger partial charge in [-0.2, -0.15) is 0 Å². The number of nitrogens with zero attached hydrogens (tertiary/aromatic N) is 1. The lowest BCUT2D eigenvalue weighted by molar-refractivity contribution is -0.134. The van der Waals surface area contributed by atoms with Gasteiger partial charge in [0.2, 0.25) is 5.91 Å². The third-order valence-corrected chi connectivity index (χ3v) is 5.77. The van der Waals surface area contributed by atoms with Crippen LogP contribution in [0.25, 0.3) is 0 Å². The zero-order chi connectivity index (χ0) is 20.7. The first kappa shape index (κ1) is 21.6. The van der Waals surface area contributed by atoms with Gasteiger partial charge in [-0.1, -0.05) is 31.5 Å².